The number of halogens is 4. The molecule has 0 radical (unpaired) electrons. The van der Waals surface area contributed by atoms with Crippen LogP contribution in [-0.4, -0.2) is 35.2 Å². The van der Waals surface area contributed by atoms with Gasteiger partial charge in [-0.05, 0) is 31.2 Å². The molecular formula is C13H15F4NO2. The molecule has 0 unspecified atom stereocenters. The minimum absolute atomic E-state index is 0.0531. The number of nitrogens with zero attached hydrogens (tertiary/aromatic N) is 1. The lowest BCUT2D eigenvalue weighted by molar-refractivity contribution is -0.147. The molecule has 1 aromatic rings. The largest absolute Gasteiger partial charge is 0.478 e. The summed E-state index contributed by atoms with van der Waals surface area (Å²) in [4.78, 5) is 11.8. The van der Waals surface area contributed by atoms with Crippen molar-refractivity contribution in [3.63, 3.8) is 0 Å². The summed E-state index contributed by atoms with van der Waals surface area (Å²) in [5.74, 6) is -1.96. The second kappa shape index (κ2) is 6.69. The topological polar surface area (TPSA) is 40.5 Å². The minimum atomic E-state index is -4.38. The van der Waals surface area contributed by atoms with E-state index in [4.69, 9.17) is 5.11 Å². The molecule has 7 heteroatoms. The number of carboxylic acids is 1. The zero-order valence-corrected chi connectivity index (χ0v) is 10.9. The van der Waals surface area contributed by atoms with Crippen molar-refractivity contribution in [1.29, 1.82) is 0 Å². The van der Waals surface area contributed by atoms with Gasteiger partial charge < -0.3 is 5.11 Å². The third-order valence-electron chi connectivity index (χ3n) is 2.63. The third kappa shape index (κ3) is 5.16. The van der Waals surface area contributed by atoms with Crippen molar-refractivity contribution in [2.45, 2.75) is 26.1 Å². The van der Waals surface area contributed by atoms with Crippen LogP contribution in [0.4, 0.5) is 17.6 Å². The van der Waals surface area contributed by atoms with Crippen molar-refractivity contribution in [1.82, 2.24) is 4.90 Å². The van der Waals surface area contributed by atoms with E-state index in [-0.39, 0.29) is 24.2 Å². The van der Waals surface area contributed by atoms with E-state index in [1.54, 1.807) is 6.92 Å². The van der Waals surface area contributed by atoms with Crippen LogP contribution in [-0.2, 0) is 6.54 Å². The monoisotopic (exact) mass is 293 g/mol. The molecule has 0 bridgehead atoms. The summed E-state index contributed by atoms with van der Waals surface area (Å²) in [5.41, 5.74) is -0.201. The van der Waals surface area contributed by atoms with Crippen molar-refractivity contribution < 1.29 is 27.5 Å². The molecule has 0 saturated carbocycles. The predicted molar refractivity (Wildman–Crippen MR) is 65.0 cm³/mol. The fraction of sp³-hybridized carbons (Fsp3) is 0.462. The highest BCUT2D eigenvalue weighted by Crippen LogP contribution is 2.20. The maximum absolute atomic E-state index is 13.6. The zero-order chi connectivity index (χ0) is 15.3. The first kappa shape index (κ1) is 16.4. The molecule has 0 saturated heterocycles. The SMILES string of the molecule is CCCN(Cc1cc(C(=O)O)ccc1F)CC(F)(F)F. The Bertz CT molecular complexity index is 474. The molecule has 0 aromatic heterocycles. The summed E-state index contributed by atoms with van der Waals surface area (Å²) in [6.45, 7) is 0.432. The molecule has 0 spiro atoms. The van der Waals surface area contributed by atoms with E-state index in [1.807, 2.05) is 0 Å². The molecule has 0 aliphatic rings. The van der Waals surface area contributed by atoms with Gasteiger partial charge in [-0.2, -0.15) is 13.2 Å². The molecule has 20 heavy (non-hydrogen) atoms. The highest BCUT2D eigenvalue weighted by Gasteiger charge is 2.30. The molecule has 0 atom stereocenters. The van der Waals surface area contributed by atoms with E-state index in [0.717, 1.165) is 23.1 Å². The van der Waals surface area contributed by atoms with Crippen LogP contribution in [0.5, 0.6) is 0 Å². The zero-order valence-electron chi connectivity index (χ0n) is 10.9. The van der Waals surface area contributed by atoms with Crippen LogP contribution in [0.2, 0.25) is 0 Å². The van der Waals surface area contributed by atoms with Crippen molar-refractivity contribution in [3.8, 4) is 0 Å². The van der Waals surface area contributed by atoms with Crippen molar-refractivity contribution in [2.24, 2.45) is 0 Å². The fourth-order valence-corrected chi connectivity index (χ4v) is 1.85. The number of hydrogen-bond acceptors (Lipinski definition) is 2. The summed E-state index contributed by atoms with van der Waals surface area (Å²) in [6.07, 6.45) is -3.90. The fourth-order valence-electron chi connectivity index (χ4n) is 1.85. The first-order valence-electron chi connectivity index (χ1n) is 6.03. The number of benzene rings is 1. The Morgan fingerprint density at radius 3 is 2.50 bits per heavy atom. The molecule has 112 valence electrons. The van der Waals surface area contributed by atoms with Gasteiger partial charge in [-0.3, -0.25) is 4.90 Å². The molecule has 0 aliphatic heterocycles. The highest BCUT2D eigenvalue weighted by molar-refractivity contribution is 5.87. The first-order valence-corrected chi connectivity index (χ1v) is 6.03. The molecular weight excluding hydrogens is 278 g/mol. The van der Waals surface area contributed by atoms with Crippen LogP contribution in [0.3, 0.4) is 0 Å². The summed E-state index contributed by atoms with van der Waals surface area (Å²) in [7, 11) is 0. The first-order chi connectivity index (χ1) is 9.23. The summed E-state index contributed by atoms with van der Waals surface area (Å²) in [6, 6.07) is 3.10. The average Bonchev–Trinajstić information content (AvgIpc) is 2.29. The van der Waals surface area contributed by atoms with Crippen molar-refractivity contribution in [3.05, 3.63) is 35.1 Å². The Labute approximate surface area is 113 Å². The van der Waals surface area contributed by atoms with E-state index >= 15 is 0 Å². The Hall–Kier alpha value is -1.63. The van der Waals surface area contributed by atoms with Gasteiger partial charge in [0, 0.05) is 12.1 Å². The van der Waals surface area contributed by atoms with Gasteiger partial charge in [0.2, 0.25) is 0 Å². The lowest BCUT2D eigenvalue weighted by Crippen LogP contribution is -2.34. The second-order valence-corrected chi connectivity index (χ2v) is 4.44. The Morgan fingerprint density at radius 1 is 1.35 bits per heavy atom. The molecule has 0 aliphatic carbocycles. The van der Waals surface area contributed by atoms with E-state index < -0.39 is 24.5 Å². The van der Waals surface area contributed by atoms with Gasteiger partial charge in [-0.25, -0.2) is 9.18 Å². The highest BCUT2D eigenvalue weighted by atomic mass is 19.4. The van der Waals surface area contributed by atoms with Crippen LogP contribution in [0, 0.1) is 5.82 Å². The minimum Gasteiger partial charge on any atom is -0.478 e. The maximum atomic E-state index is 13.6. The van der Waals surface area contributed by atoms with Gasteiger partial charge in [-0.1, -0.05) is 6.92 Å². The van der Waals surface area contributed by atoms with Crippen LogP contribution >= 0.6 is 0 Å². The van der Waals surface area contributed by atoms with Gasteiger partial charge in [0.15, 0.2) is 0 Å². The lowest BCUT2D eigenvalue weighted by atomic mass is 10.1. The van der Waals surface area contributed by atoms with Crippen LogP contribution in [0.25, 0.3) is 0 Å². The van der Waals surface area contributed by atoms with Crippen LogP contribution < -0.4 is 0 Å². The predicted octanol–water partition coefficient (Wildman–Crippen LogP) is 3.30. The van der Waals surface area contributed by atoms with Gasteiger partial charge in [0.05, 0.1) is 12.1 Å². The van der Waals surface area contributed by atoms with Gasteiger partial charge >= 0.3 is 12.1 Å². The Morgan fingerprint density at radius 2 is 2.00 bits per heavy atom. The van der Waals surface area contributed by atoms with E-state index in [1.165, 1.54) is 0 Å². The maximum Gasteiger partial charge on any atom is 0.401 e. The molecule has 0 fully saturated rings. The number of hydrogen-bond donors (Lipinski definition) is 1. The molecule has 0 amide bonds. The number of carboxylic acid groups (broad SMARTS) is 1. The smallest absolute Gasteiger partial charge is 0.401 e. The summed E-state index contributed by atoms with van der Waals surface area (Å²) in [5, 5.41) is 8.81. The van der Waals surface area contributed by atoms with Gasteiger partial charge in [0.1, 0.15) is 5.82 Å². The standard InChI is InChI=1S/C13H15F4NO2/c1-2-5-18(8-13(15,16)17)7-10-6-9(12(19)20)3-4-11(10)14/h3-4,6H,2,5,7-8H2,1H3,(H,19,20). The number of aromatic carboxylic acids is 1. The van der Waals surface area contributed by atoms with Crippen molar-refractivity contribution >= 4 is 5.97 Å². The lowest BCUT2D eigenvalue weighted by Gasteiger charge is -2.23. The normalized spacial score (nSPS) is 11.9. The number of alkyl halides is 3. The van der Waals surface area contributed by atoms with Gasteiger partial charge in [-0.15, -0.1) is 0 Å². The molecule has 1 aromatic carbocycles. The second-order valence-electron chi connectivity index (χ2n) is 4.44. The van der Waals surface area contributed by atoms with E-state index in [2.05, 4.69) is 0 Å². The summed E-state index contributed by atoms with van der Waals surface area (Å²) < 4.78 is 50.8. The van der Waals surface area contributed by atoms with Crippen LogP contribution in [0.15, 0.2) is 18.2 Å². The van der Waals surface area contributed by atoms with E-state index in [9.17, 15) is 22.4 Å². The molecule has 3 nitrogen and oxygen atoms in total. The Kier molecular flexibility index (Phi) is 5.50. The van der Waals surface area contributed by atoms with Crippen LogP contribution in [0.1, 0.15) is 29.3 Å². The molecule has 1 N–H and O–H groups in total. The molecule has 1 rings (SSSR count). The number of rotatable bonds is 6. The van der Waals surface area contributed by atoms with Crippen molar-refractivity contribution in [2.75, 3.05) is 13.1 Å². The number of carbonyl (C=O) groups is 1. The Balaban J connectivity index is 2.92. The van der Waals surface area contributed by atoms with Gasteiger partial charge in [0.25, 0.3) is 0 Å². The quantitative estimate of drug-likeness (QED) is 0.818. The molecule has 0 heterocycles. The third-order valence-corrected chi connectivity index (χ3v) is 2.63. The average molecular weight is 293 g/mol. The van der Waals surface area contributed by atoms with E-state index in [0.29, 0.717) is 6.42 Å². The summed E-state index contributed by atoms with van der Waals surface area (Å²) >= 11 is 0.